The van der Waals surface area contributed by atoms with Crippen LogP contribution in [0.25, 0.3) is 0 Å². The van der Waals surface area contributed by atoms with Gasteiger partial charge < -0.3 is 4.74 Å². The third-order valence-corrected chi connectivity index (χ3v) is 4.09. The first-order valence-corrected chi connectivity index (χ1v) is 8.61. The van der Waals surface area contributed by atoms with Crippen molar-refractivity contribution in [2.24, 2.45) is 0 Å². The first-order valence-electron chi connectivity index (χ1n) is 5.34. The lowest BCUT2D eigenvalue weighted by atomic mass is 9.86. The molecule has 0 unspecified atom stereocenters. The molecule has 0 saturated carbocycles. The van der Waals surface area contributed by atoms with Crippen molar-refractivity contribution in [3.05, 3.63) is 27.7 Å². The van der Waals surface area contributed by atoms with E-state index in [0.717, 1.165) is 10.0 Å². The monoisotopic (exact) mass is 354 g/mol. The van der Waals surface area contributed by atoms with Gasteiger partial charge in [0.15, 0.2) is 0 Å². The van der Waals surface area contributed by atoms with E-state index in [0.29, 0.717) is 11.3 Å². The number of hydrogen-bond donors (Lipinski definition) is 0. The molecule has 0 aromatic heterocycles. The molecule has 0 aliphatic carbocycles. The lowest BCUT2D eigenvalue weighted by molar-refractivity contribution is 0.407. The Kier molecular flexibility index (Phi) is 4.73. The summed E-state index contributed by atoms with van der Waals surface area (Å²) in [4.78, 5) is 0. The third kappa shape index (κ3) is 4.14. The predicted molar refractivity (Wildman–Crippen MR) is 77.9 cm³/mol. The van der Waals surface area contributed by atoms with Crippen molar-refractivity contribution in [1.82, 2.24) is 0 Å². The van der Waals surface area contributed by atoms with Gasteiger partial charge >= 0.3 is 0 Å². The first kappa shape index (κ1) is 15.8. The molecule has 102 valence electrons. The summed E-state index contributed by atoms with van der Waals surface area (Å²) in [5.74, 6) is 0.257. The van der Waals surface area contributed by atoms with E-state index in [1.165, 1.54) is 7.11 Å². The summed E-state index contributed by atoms with van der Waals surface area (Å²) >= 11 is 3.40. The van der Waals surface area contributed by atoms with Crippen molar-refractivity contribution in [3.63, 3.8) is 0 Å². The molecule has 1 rings (SSSR count). The summed E-state index contributed by atoms with van der Waals surface area (Å²) in [6.45, 7) is 6.17. The van der Waals surface area contributed by atoms with Gasteiger partial charge in [-0.2, -0.15) is 0 Å². The van der Waals surface area contributed by atoms with Crippen LogP contribution < -0.4 is 4.74 Å². The van der Waals surface area contributed by atoms with Crippen LogP contribution in [-0.4, -0.2) is 15.5 Å². The summed E-state index contributed by atoms with van der Waals surface area (Å²) in [5, 5.41) is 0. The van der Waals surface area contributed by atoms with Gasteiger partial charge in [-0.25, -0.2) is 8.42 Å². The number of halogens is 2. The molecule has 1 aromatic rings. The van der Waals surface area contributed by atoms with Gasteiger partial charge in [0.05, 0.1) is 17.3 Å². The molecule has 0 atom stereocenters. The van der Waals surface area contributed by atoms with E-state index in [1.807, 2.05) is 12.1 Å². The van der Waals surface area contributed by atoms with E-state index >= 15 is 0 Å². The Hall–Kier alpha value is -0.260. The lowest BCUT2D eigenvalue weighted by Gasteiger charge is -2.22. The van der Waals surface area contributed by atoms with Crippen LogP contribution in [0, 0.1) is 0 Å². The van der Waals surface area contributed by atoms with Crippen LogP contribution in [0.5, 0.6) is 5.75 Å². The highest BCUT2D eigenvalue weighted by molar-refractivity contribution is 9.10. The van der Waals surface area contributed by atoms with Gasteiger partial charge in [-0.3, -0.25) is 0 Å². The molecule has 0 heterocycles. The average molecular weight is 356 g/mol. The number of methoxy groups -OCH3 is 1. The van der Waals surface area contributed by atoms with Crippen LogP contribution in [0.1, 0.15) is 31.9 Å². The molecule has 0 aliphatic rings. The number of ether oxygens (including phenoxy) is 1. The van der Waals surface area contributed by atoms with E-state index in [2.05, 4.69) is 36.7 Å². The van der Waals surface area contributed by atoms with Gasteiger partial charge in [0.1, 0.15) is 5.75 Å². The van der Waals surface area contributed by atoms with Crippen molar-refractivity contribution in [1.29, 1.82) is 0 Å². The molecular formula is C12H16BrClO3S. The van der Waals surface area contributed by atoms with Crippen molar-refractivity contribution in [2.75, 3.05) is 7.11 Å². The van der Waals surface area contributed by atoms with Crippen LogP contribution in [-0.2, 0) is 20.2 Å². The molecule has 6 heteroatoms. The van der Waals surface area contributed by atoms with Gasteiger partial charge in [0.2, 0.25) is 9.05 Å². The Labute approximate surface area is 121 Å². The number of rotatable bonds is 3. The Morgan fingerprint density at radius 3 is 2.28 bits per heavy atom. The molecule has 0 amide bonds. The van der Waals surface area contributed by atoms with Crippen molar-refractivity contribution in [3.8, 4) is 5.75 Å². The lowest BCUT2D eigenvalue weighted by Crippen LogP contribution is -2.12. The maximum Gasteiger partial charge on any atom is 0.236 e. The fraction of sp³-hybridized carbons (Fsp3) is 0.500. The molecule has 18 heavy (non-hydrogen) atoms. The molecule has 3 nitrogen and oxygen atoms in total. The quantitative estimate of drug-likeness (QED) is 0.774. The second-order valence-corrected chi connectivity index (χ2v) is 8.71. The van der Waals surface area contributed by atoms with Gasteiger partial charge in [0.25, 0.3) is 0 Å². The Bertz CT molecular complexity index is 547. The summed E-state index contributed by atoms with van der Waals surface area (Å²) in [6.07, 6.45) is 0. The zero-order chi connectivity index (χ0) is 14.1. The molecule has 0 fully saturated rings. The summed E-state index contributed by atoms with van der Waals surface area (Å²) in [6, 6.07) is 3.76. The normalized spacial score (nSPS) is 12.6. The second-order valence-electron chi connectivity index (χ2n) is 5.08. The van der Waals surface area contributed by atoms with Crippen molar-refractivity contribution >= 4 is 35.7 Å². The van der Waals surface area contributed by atoms with E-state index in [-0.39, 0.29) is 11.2 Å². The van der Waals surface area contributed by atoms with E-state index in [1.54, 1.807) is 0 Å². The van der Waals surface area contributed by atoms with E-state index in [9.17, 15) is 8.42 Å². The van der Waals surface area contributed by atoms with Crippen molar-refractivity contribution < 1.29 is 13.2 Å². The van der Waals surface area contributed by atoms with Crippen LogP contribution in [0.4, 0.5) is 0 Å². The molecule has 0 radical (unpaired) electrons. The molecule has 0 spiro atoms. The minimum atomic E-state index is -3.62. The smallest absolute Gasteiger partial charge is 0.236 e. The van der Waals surface area contributed by atoms with Gasteiger partial charge in [-0.15, -0.1) is 0 Å². The highest BCUT2D eigenvalue weighted by Crippen LogP contribution is 2.36. The van der Waals surface area contributed by atoms with Crippen molar-refractivity contribution in [2.45, 2.75) is 31.9 Å². The van der Waals surface area contributed by atoms with Crippen LogP contribution >= 0.6 is 26.6 Å². The predicted octanol–water partition coefficient (Wildman–Crippen LogP) is 3.82. The van der Waals surface area contributed by atoms with E-state index < -0.39 is 9.05 Å². The highest BCUT2D eigenvalue weighted by Gasteiger charge is 2.21. The maximum absolute atomic E-state index is 11.2. The van der Waals surface area contributed by atoms with Gasteiger partial charge in [0, 0.05) is 16.2 Å². The Balaban J connectivity index is 3.42. The van der Waals surface area contributed by atoms with Crippen LogP contribution in [0.15, 0.2) is 16.6 Å². The van der Waals surface area contributed by atoms with Gasteiger partial charge in [-0.1, -0.05) is 26.8 Å². The topological polar surface area (TPSA) is 43.4 Å². The largest absolute Gasteiger partial charge is 0.495 e. The zero-order valence-electron chi connectivity index (χ0n) is 10.8. The highest BCUT2D eigenvalue weighted by atomic mass is 79.9. The molecular weight excluding hydrogens is 340 g/mol. The molecule has 0 N–H and O–H groups in total. The molecule has 0 aliphatic heterocycles. The van der Waals surface area contributed by atoms with E-state index in [4.69, 9.17) is 15.4 Å². The standard InChI is InChI=1S/C12H16BrClO3S/c1-12(2,3)9-5-8(7-18(14,15)16)11(17-4)10(13)6-9/h5-6H,7H2,1-4H3. The summed E-state index contributed by atoms with van der Waals surface area (Å²) in [7, 11) is 3.20. The minimum Gasteiger partial charge on any atom is -0.495 e. The molecule has 0 bridgehead atoms. The third-order valence-electron chi connectivity index (χ3n) is 2.52. The fourth-order valence-electron chi connectivity index (χ4n) is 1.60. The number of hydrogen-bond acceptors (Lipinski definition) is 3. The Morgan fingerprint density at radius 1 is 1.33 bits per heavy atom. The fourth-order valence-corrected chi connectivity index (χ4v) is 3.21. The minimum absolute atomic E-state index is 0.0837. The summed E-state index contributed by atoms with van der Waals surface area (Å²) in [5.41, 5.74) is 1.50. The molecule has 1 aromatic carbocycles. The zero-order valence-corrected chi connectivity index (χ0v) is 13.9. The van der Waals surface area contributed by atoms with Gasteiger partial charge in [-0.05, 0) is 33.0 Å². The number of benzene rings is 1. The molecule has 0 saturated heterocycles. The Morgan fingerprint density at radius 2 is 1.89 bits per heavy atom. The SMILES string of the molecule is COc1c(Br)cc(C(C)(C)C)cc1CS(=O)(=O)Cl. The maximum atomic E-state index is 11.2. The second kappa shape index (κ2) is 5.39. The van der Waals surface area contributed by atoms with Crippen LogP contribution in [0.3, 0.4) is 0 Å². The van der Waals surface area contributed by atoms with Crippen LogP contribution in [0.2, 0.25) is 0 Å². The average Bonchev–Trinajstić information content (AvgIpc) is 2.13. The first-order chi connectivity index (χ1) is 8.04. The summed E-state index contributed by atoms with van der Waals surface area (Å²) < 4.78 is 28.4.